The highest BCUT2D eigenvalue weighted by Crippen LogP contribution is 2.49. The summed E-state index contributed by atoms with van der Waals surface area (Å²) in [6.45, 7) is 13.0. The fourth-order valence-electron chi connectivity index (χ4n) is 7.06. The Morgan fingerprint density at radius 1 is 0.674 bits per heavy atom. The zero-order valence-electron chi connectivity index (χ0n) is 26.3. The molecule has 0 amide bonds. The summed E-state index contributed by atoms with van der Waals surface area (Å²) >= 11 is 0. The average Bonchev–Trinajstić information content (AvgIpc) is 3.13. The summed E-state index contributed by atoms with van der Waals surface area (Å²) < 4.78 is 35.3. The van der Waals surface area contributed by atoms with Crippen LogP contribution in [0.15, 0.2) is 36.4 Å². The fraction of sp³-hybridized carbons (Fsp3) is 0.600. The molecular weight excluding hydrogens is 548 g/mol. The molecule has 2 aromatic rings. The molecule has 5 rings (SSSR count). The summed E-state index contributed by atoms with van der Waals surface area (Å²) in [5, 5.41) is 0. The molecule has 2 aliphatic carbocycles. The molecule has 8 heteroatoms. The van der Waals surface area contributed by atoms with E-state index in [1.165, 1.54) is 0 Å². The SMILES string of the molecule is CC1CCC(C(C)C)C(OC(=O)Oc2cccc3c2-c2c(cccc2OC(=O)OC2CC(C)CCC2C(C)C)OCO3)C1. The highest BCUT2D eigenvalue weighted by Gasteiger charge is 2.36. The largest absolute Gasteiger partial charge is 0.514 e. The van der Waals surface area contributed by atoms with Crippen LogP contribution in [0.2, 0.25) is 0 Å². The molecule has 0 bridgehead atoms. The number of carbonyl (C=O) groups excluding carboxylic acids is 2. The van der Waals surface area contributed by atoms with Gasteiger partial charge in [-0.2, -0.15) is 0 Å². The molecule has 0 radical (unpaired) electrons. The first-order valence-electron chi connectivity index (χ1n) is 15.9. The van der Waals surface area contributed by atoms with Crippen LogP contribution in [0.3, 0.4) is 0 Å². The van der Waals surface area contributed by atoms with Crippen molar-refractivity contribution in [1.82, 2.24) is 0 Å². The fourth-order valence-corrected chi connectivity index (χ4v) is 7.06. The van der Waals surface area contributed by atoms with E-state index in [0.717, 1.165) is 38.5 Å². The van der Waals surface area contributed by atoms with Crippen molar-refractivity contribution in [2.75, 3.05) is 6.79 Å². The van der Waals surface area contributed by atoms with Crippen LogP contribution in [-0.4, -0.2) is 31.3 Å². The van der Waals surface area contributed by atoms with Gasteiger partial charge in [0, 0.05) is 0 Å². The topological polar surface area (TPSA) is 89.5 Å². The molecule has 0 saturated heterocycles. The summed E-state index contributed by atoms with van der Waals surface area (Å²) in [5.74, 6) is 3.61. The van der Waals surface area contributed by atoms with Gasteiger partial charge in [-0.1, -0.05) is 66.5 Å². The minimum absolute atomic E-state index is 0.0616. The third-order valence-electron chi connectivity index (χ3n) is 9.46. The quantitative estimate of drug-likeness (QED) is 0.242. The lowest BCUT2D eigenvalue weighted by molar-refractivity contribution is -0.0145. The summed E-state index contributed by atoms with van der Waals surface area (Å²) in [6.07, 6.45) is 3.94. The number of fused-ring (bicyclic) bond motifs is 3. The molecule has 1 heterocycles. The van der Waals surface area contributed by atoms with E-state index in [2.05, 4.69) is 41.5 Å². The summed E-state index contributed by atoms with van der Waals surface area (Å²) in [4.78, 5) is 26.4. The van der Waals surface area contributed by atoms with Crippen molar-refractivity contribution in [3.63, 3.8) is 0 Å². The lowest BCUT2D eigenvalue weighted by atomic mass is 9.75. The smallest absolute Gasteiger partial charge is 0.457 e. The van der Waals surface area contributed by atoms with Crippen LogP contribution in [0.1, 0.15) is 80.1 Å². The van der Waals surface area contributed by atoms with Crippen molar-refractivity contribution in [1.29, 1.82) is 0 Å². The summed E-state index contributed by atoms with van der Waals surface area (Å²) in [7, 11) is 0. The van der Waals surface area contributed by atoms with Gasteiger partial charge in [0.1, 0.15) is 35.2 Å². The van der Waals surface area contributed by atoms with Crippen LogP contribution in [0.5, 0.6) is 23.0 Å². The summed E-state index contributed by atoms with van der Waals surface area (Å²) in [6, 6.07) is 10.3. The van der Waals surface area contributed by atoms with E-state index in [4.69, 9.17) is 28.4 Å². The van der Waals surface area contributed by atoms with Crippen molar-refractivity contribution in [3.05, 3.63) is 36.4 Å². The number of carbonyl (C=O) groups is 2. The molecule has 6 unspecified atom stereocenters. The highest BCUT2D eigenvalue weighted by atomic mass is 16.7. The third-order valence-corrected chi connectivity index (χ3v) is 9.46. The number of hydrogen-bond donors (Lipinski definition) is 0. The van der Waals surface area contributed by atoms with E-state index in [-0.39, 0.29) is 42.3 Å². The average molecular weight is 595 g/mol. The Bertz CT molecular complexity index is 1190. The van der Waals surface area contributed by atoms with Gasteiger partial charge in [0.25, 0.3) is 0 Å². The zero-order valence-corrected chi connectivity index (χ0v) is 26.3. The van der Waals surface area contributed by atoms with Crippen molar-refractivity contribution < 1.29 is 38.0 Å². The van der Waals surface area contributed by atoms with Crippen LogP contribution in [0, 0.1) is 35.5 Å². The van der Waals surface area contributed by atoms with Gasteiger partial charge in [0.15, 0.2) is 0 Å². The van der Waals surface area contributed by atoms with E-state index in [1.807, 2.05) is 0 Å². The number of hydrogen-bond acceptors (Lipinski definition) is 8. The Balaban J connectivity index is 1.40. The number of ether oxygens (including phenoxy) is 6. The second kappa shape index (κ2) is 13.5. The van der Waals surface area contributed by atoms with Crippen LogP contribution in [0.25, 0.3) is 11.1 Å². The van der Waals surface area contributed by atoms with Crippen LogP contribution >= 0.6 is 0 Å². The second-order valence-corrected chi connectivity index (χ2v) is 13.3. The van der Waals surface area contributed by atoms with E-state index in [0.29, 0.717) is 46.3 Å². The minimum atomic E-state index is -0.770. The maximum atomic E-state index is 13.2. The molecule has 0 N–H and O–H groups in total. The Hall–Kier alpha value is -3.42. The van der Waals surface area contributed by atoms with Gasteiger partial charge in [0.05, 0.1) is 11.1 Å². The van der Waals surface area contributed by atoms with Crippen molar-refractivity contribution in [2.24, 2.45) is 35.5 Å². The Morgan fingerprint density at radius 2 is 1.09 bits per heavy atom. The first-order valence-corrected chi connectivity index (χ1v) is 15.9. The minimum Gasteiger partial charge on any atom is -0.457 e. The maximum Gasteiger partial charge on any atom is 0.514 e. The molecule has 2 saturated carbocycles. The van der Waals surface area contributed by atoms with Crippen molar-refractivity contribution >= 4 is 12.3 Å². The molecule has 1 aliphatic heterocycles. The molecule has 43 heavy (non-hydrogen) atoms. The Kier molecular flexibility index (Phi) is 9.72. The van der Waals surface area contributed by atoms with Gasteiger partial charge in [0.2, 0.25) is 6.79 Å². The molecule has 0 aromatic heterocycles. The van der Waals surface area contributed by atoms with E-state index >= 15 is 0 Å². The Labute approximate surface area is 255 Å². The van der Waals surface area contributed by atoms with Crippen molar-refractivity contribution in [3.8, 4) is 34.1 Å². The molecule has 2 fully saturated rings. The number of rotatable bonds is 6. The van der Waals surface area contributed by atoms with Gasteiger partial charge in [-0.05, 0) is 85.5 Å². The van der Waals surface area contributed by atoms with Crippen LogP contribution in [-0.2, 0) is 9.47 Å². The first-order chi connectivity index (χ1) is 20.6. The lowest BCUT2D eigenvalue weighted by Crippen LogP contribution is -2.36. The first kappa shape index (κ1) is 31.0. The molecule has 2 aromatic carbocycles. The predicted octanol–water partition coefficient (Wildman–Crippen LogP) is 9.03. The van der Waals surface area contributed by atoms with E-state index < -0.39 is 12.3 Å². The molecule has 0 spiro atoms. The monoisotopic (exact) mass is 594 g/mol. The number of benzene rings is 2. The van der Waals surface area contributed by atoms with Crippen molar-refractivity contribution in [2.45, 2.75) is 92.3 Å². The van der Waals surface area contributed by atoms with Gasteiger partial charge in [-0.15, -0.1) is 0 Å². The normalized spacial score (nSPS) is 26.7. The van der Waals surface area contributed by atoms with E-state index in [1.54, 1.807) is 36.4 Å². The molecule has 234 valence electrons. The standard InChI is InChI=1S/C35H46O8/c1-20(2)24-15-13-22(5)17-30(24)42-34(36)40-28-11-7-9-26-32(28)33-27(39-19-38-26)10-8-12-29(33)41-35(37)43-31-18-23(6)14-16-25(31)21(3)4/h7-12,20-25,30-31H,13-19H2,1-6H3. The van der Waals surface area contributed by atoms with Gasteiger partial charge < -0.3 is 28.4 Å². The van der Waals surface area contributed by atoms with Crippen LogP contribution in [0.4, 0.5) is 9.59 Å². The van der Waals surface area contributed by atoms with E-state index in [9.17, 15) is 9.59 Å². The maximum absolute atomic E-state index is 13.2. The predicted molar refractivity (Wildman–Crippen MR) is 162 cm³/mol. The molecule has 3 aliphatic rings. The summed E-state index contributed by atoms with van der Waals surface area (Å²) in [5.41, 5.74) is 0.887. The lowest BCUT2D eigenvalue weighted by Gasteiger charge is -2.36. The third kappa shape index (κ3) is 7.22. The highest BCUT2D eigenvalue weighted by molar-refractivity contribution is 5.88. The zero-order chi connectivity index (χ0) is 30.7. The van der Waals surface area contributed by atoms with Gasteiger partial charge in [-0.3, -0.25) is 0 Å². The van der Waals surface area contributed by atoms with Gasteiger partial charge >= 0.3 is 12.3 Å². The molecule has 6 atom stereocenters. The van der Waals surface area contributed by atoms with Gasteiger partial charge in [-0.25, -0.2) is 9.59 Å². The Morgan fingerprint density at radius 3 is 1.49 bits per heavy atom. The molecular formula is C35H46O8. The second-order valence-electron chi connectivity index (χ2n) is 13.3. The molecule has 8 nitrogen and oxygen atoms in total. The van der Waals surface area contributed by atoms with Crippen LogP contribution < -0.4 is 18.9 Å².